The first-order valence-corrected chi connectivity index (χ1v) is 10.6. The fourth-order valence-electron chi connectivity index (χ4n) is 4.55. The van der Waals surface area contributed by atoms with Gasteiger partial charge in [0, 0.05) is 12.8 Å². The number of hydrogen-bond acceptors (Lipinski definition) is 2. The molecular formula is C25H32NO2+. The molecule has 0 aromatic heterocycles. The van der Waals surface area contributed by atoms with Gasteiger partial charge in [0.25, 0.3) is 0 Å². The molecule has 3 atom stereocenters. The standard InChI is InChI=1S/C25H32NO2/c1-21-11-10-18-26(21,20-27)25(28)24(19-23-15-6-3-7-16-23)17-9-8-14-22-12-4-2-5-13-22/h2-7,12-13,15-16,20-21,24H,8-11,14,17-19H2,1H3/q+1/t21-,24?,26?/m1/s1. The van der Waals surface area contributed by atoms with Gasteiger partial charge in [-0.2, -0.15) is 4.48 Å². The summed E-state index contributed by atoms with van der Waals surface area (Å²) in [7, 11) is 0. The SMILES string of the molecule is C[C@@H]1CCC[N+]1(C=O)C(=O)C(CCCCc1ccccc1)Cc1ccccc1. The molecule has 2 aromatic carbocycles. The predicted molar refractivity (Wildman–Crippen MR) is 113 cm³/mol. The second kappa shape index (κ2) is 9.79. The Balaban J connectivity index is 1.67. The zero-order chi connectivity index (χ0) is 19.8. The molecule has 28 heavy (non-hydrogen) atoms. The third kappa shape index (κ3) is 4.77. The number of aryl methyl sites for hydroxylation is 1. The van der Waals surface area contributed by atoms with Crippen molar-refractivity contribution in [3.63, 3.8) is 0 Å². The van der Waals surface area contributed by atoms with Gasteiger partial charge in [-0.25, -0.2) is 9.59 Å². The van der Waals surface area contributed by atoms with E-state index in [1.54, 1.807) is 0 Å². The van der Waals surface area contributed by atoms with Gasteiger partial charge in [-0.3, -0.25) is 0 Å². The average molecular weight is 379 g/mol. The Hall–Kier alpha value is -2.26. The smallest absolute Gasteiger partial charge is 0.233 e. The van der Waals surface area contributed by atoms with Crippen LogP contribution >= 0.6 is 0 Å². The summed E-state index contributed by atoms with van der Waals surface area (Å²) in [5, 5.41) is 0. The van der Waals surface area contributed by atoms with E-state index >= 15 is 0 Å². The van der Waals surface area contributed by atoms with Crippen LogP contribution in [0.1, 0.15) is 50.2 Å². The Morgan fingerprint density at radius 1 is 1.04 bits per heavy atom. The van der Waals surface area contributed by atoms with E-state index in [1.807, 2.05) is 31.2 Å². The van der Waals surface area contributed by atoms with Crippen LogP contribution in [0.25, 0.3) is 0 Å². The first-order valence-electron chi connectivity index (χ1n) is 10.6. The van der Waals surface area contributed by atoms with Gasteiger partial charge in [0.15, 0.2) is 0 Å². The predicted octanol–water partition coefficient (Wildman–Crippen LogP) is 4.94. The van der Waals surface area contributed by atoms with E-state index in [0.29, 0.717) is 6.54 Å². The molecule has 148 valence electrons. The number of unbranched alkanes of at least 4 members (excludes halogenated alkanes) is 1. The number of benzene rings is 2. The summed E-state index contributed by atoms with van der Waals surface area (Å²) in [6.45, 7) is 2.72. The van der Waals surface area contributed by atoms with Crippen LogP contribution < -0.4 is 0 Å². The van der Waals surface area contributed by atoms with Crippen LogP contribution in [0.2, 0.25) is 0 Å². The molecule has 1 saturated heterocycles. The lowest BCUT2D eigenvalue weighted by atomic mass is 9.91. The molecule has 0 bridgehead atoms. The average Bonchev–Trinajstić information content (AvgIpc) is 3.12. The Labute approximate surface area is 169 Å². The molecule has 1 fully saturated rings. The normalized spacial score (nSPS) is 22.7. The minimum absolute atomic E-state index is 0.0240. The minimum Gasteiger partial charge on any atom is -0.233 e. The number of carbonyl (C=O) groups is 2. The Morgan fingerprint density at radius 2 is 1.68 bits per heavy atom. The fourth-order valence-corrected chi connectivity index (χ4v) is 4.55. The van der Waals surface area contributed by atoms with Crippen molar-refractivity contribution in [2.45, 2.75) is 57.9 Å². The van der Waals surface area contributed by atoms with Gasteiger partial charge >= 0.3 is 12.3 Å². The highest BCUT2D eigenvalue weighted by atomic mass is 16.2. The highest BCUT2D eigenvalue weighted by Gasteiger charge is 2.48. The van der Waals surface area contributed by atoms with E-state index in [-0.39, 0.29) is 22.3 Å². The molecule has 0 radical (unpaired) electrons. The molecule has 0 aliphatic carbocycles. The van der Waals surface area contributed by atoms with Crippen molar-refractivity contribution in [1.29, 1.82) is 0 Å². The van der Waals surface area contributed by atoms with Gasteiger partial charge in [-0.15, -0.1) is 0 Å². The maximum atomic E-state index is 13.5. The van der Waals surface area contributed by atoms with Crippen LogP contribution in [0.4, 0.5) is 0 Å². The highest BCUT2D eigenvalue weighted by molar-refractivity contribution is 5.79. The number of imide groups is 1. The summed E-state index contributed by atoms with van der Waals surface area (Å²) in [6.07, 6.45) is 7.52. The summed E-state index contributed by atoms with van der Waals surface area (Å²) in [6, 6.07) is 20.8. The minimum atomic E-state index is -0.0936. The molecular weight excluding hydrogens is 346 g/mol. The molecule has 0 spiro atoms. The lowest BCUT2D eigenvalue weighted by Crippen LogP contribution is -2.56. The van der Waals surface area contributed by atoms with E-state index in [9.17, 15) is 9.59 Å². The van der Waals surface area contributed by atoms with Crippen molar-refractivity contribution < 1.29 is 14.1 Å². The summed E-state index contributed by atoms with van der Waals surface area (Å²) in [5.74, 6) is 0.0347. The number of carbonyl (C=O) groups excluding carboxylic acids is 2. The Kier molecular flexibility index (Phi) is 7.16. The number of rotatable bonds is 9. The molecule has 1 aliphatic rings. The third-order valence-corrected chi connectivity index (χ3v) is 6.32. The van der Waals surface area contributed by atoms with E-state index in [0.717, 1.165) is 51.4 Å². The highest BCUT2D eigenvalue weighted by Crippen LogP contribution is 2.30. The van der Waals surface area contributed by atoms with Crippen molar-refractivity contribution >= 4 is 12.3 Å². The molecule has 2 unspecified atom stereocenters. The second-order valence-corrected chi connectivity index (χ2v) is 8.21. The van der Waals surface area contributed by atoms with E-state index < -0.39 is 0 Å². The van der Waals surface area contributed by atoms with Gasteiger partial charge in [-0.1, -0.05) is 67.1 Å². The van der Waals surface area contributed by atoms with Gasteiger partial charge < -0.3 is 0 Å². The van der Waals surface area contributed by atoms with Crippen LogP contribution in [0.15, 0.2) is 60.7 Å². The topological polar surface area (TPSA) is 34.1 Å². The third-order valence-electron chi connectivity index (χ3n) is 6.32. The molecule has 3 nitrogen and oxygen atoms in total. The van der Waals surface area contributed by atoms with Gasteiger partial charge in [-0.05, 0) is 43.7 Å². The van der Waals surface area contributed by atoms with Gasteiger partial charge in [0.05, 0.1) is 12.5 Å². The summed E-state index contributed by atoms with van der Waals surface area (Å²) < 4.78 is 0.0240. The summed E-state index contributed by atoms with van der Waals surface area (Å²) in [5.41, 5.74) is 2.53. The van der Waals surface area contributed by atoms with Crippen molar-refractivity contribution in [3.8, 4) is 0 Å². The maximum Gasteiger partial charge on any atom is 0.324 e. The quantitative estimate of drug-likeness (QED) is 0.352. The number of quaternary nitrogens is 1. The maximum absolute atomic E-state index is 13.5. The monoisotopic (exact) mass is 378 g/mol. The first-order chi connectivity index (χ1) is 13.7. The molecule has 1 aliphatic heterocycles. The van der Waals surface area contributed by atoms with Crippen molar-refractivity contribution in [2.24, 2.45) is 5.92 Å². The Bertz CT molecular complexity index is 759. The molecule has 0 N–H and O–H groups in total. The van der Waals surface area contributed by atoms with Gasteiger partial charge in [0.1, 0.15) is 6.04 Å². The lowest BCUT2D eigenvalue weighted by molar-refractivity contribution is -0.782. The lowest BCUT2D eigenvalue weighted by Gasteiger charge is -2.32. The molecule has 2 amide bonds. The summed E-state index contributed by atoms with van der Waals surface area (Å²) >= 11 is 0. The van der Waals surface area contributed by atoms with E-state index in [1.165, 1.54) is 11.1 Å². The second-order valence-electron chi connectivity index (χ2n) is 8.21. The summed E-state index contributed by atoms with van der Waals surface area (Å²) in [4.78, 5) is 25.5. The largest absolute Gasteiger partial charge is 0.324 e. The number of nitrogens with zero attached hydrogens (tertiary/aromatic N) is 1. The molecule has 3 rings (SSSR count). The van der Waals surface area contributed by atoms with Crippen LogP contribution in [-0.4, -0.2) is 29.4 Å². The number of hydrogen-bond donors (Lipinski definition) is 0. The van der Waals surface area contributed by atoms with Crippen molar-refractivity contribution in [3.05, 3.63) is 71.8 Å². The zero-order valence-electron chi connectivity index (χ0n) is 16.9. The van der Waals surface area contributed by atoms with Crippen molar-refractivity contribution in [1.82, 2.24) is 0 Å². The van der Waals surface area contributed by atoms with Crippen molar-refractivity contribution in [2.75, 3.05) is 6.54 Å². The van der Waals surface area contributed by atoms with Gasteiger partial charge in [0.2, 0.25) is 0 Å². The molecule has 1 heterocycles. The van der Waals surface area contributed by atoms with Crippen LogP contribution in [-0.2, 0) is 22.4 Å². The number of likely N-dealkylation sites (tertiary alicyclic amines) is 1. The van der Waals surface area contributed by atoms with Crippen LogP contribution in [0.5, 0.6) is 0 Å². The molecule has 2 aromatic rings. The Morgan fingerprint density at radius 3 is 2.25 bits per heavy atom. The van der Waals surface area contributed by atoms with E-state index in [4.69, 9.17) is 0 Å². The van der Waals surface area contributed by atoms with E-state index in [2.05, 4.69) is 36.4 Å². The first kappa shape index (κ1) is 20.5. The molecule has 3 heteroatoms. The number of amides is 2. The molecule has 0 saturated carbocycles. The van der Waals surface area contributed by atoms with Crippen LogP contribution in [0.3, 0.4) is 0 Å². The zero-order valence-corrected chi connectivity index (χ0v) is 16.9. The van der Waals surface area contributed by atoms with Crippen LogP contribution in [0, 0.1) is 5.92 Å². The fraction of sp³-hybridized carbons (Fsp3) is 0.440.